The van der Waals surface area contributed by atoms with Crippen LogP contribution >= 0.6 is 0 Å². The van der Waals surface area contributed by atoms with Crippen molar-refractivity contribution in [3.63, 3.8) is 0 Å². The van der Waals surface area contributed by atoms with Crippen molar-refractivity contribution in [2.24, 2.45) is 0 Å². The fourth-order valence-electron chi connectivity index (χ4n) is 1.10. The Kier molecular flexibility index (Phi) is 4.46. The fraction of sp³-hybridized carbons (Fsp3) is 0.778. The van der Waals surface area contributed by atoms with Gasteiger partial charge in [0.1, 0.15) is 0 Å². The summed E-state index contributed by atoms with van der Waals surface area (Å²) in [6.07, 6.45) is 4.38. The lowest BCUT2D eigenvalue weighted by Crippen LogP contribution is -2.11. The molecule has 0 spiro atoms. The number of aromatic nitrogens is 3. The molecule has 0 fully saturated rings. The summed E-state index contributed by atoms with van der Waals surface area (Å²) in [6, 6.07) is 0. The van der Waals surface area contributed by atoms with Gasteiger partial charge in [-0.1, -0.05) is 25.5 Å². The Morgan fingerprint density at radius 3 is 3.00 bits per heavy atom. The highest BCUT2D eigenvalue weighted by molar-refractivity contribution is 4.91. The van der Waals surface area contributed by atoms with Crippen LogP contribution in [-0.4, -0.2) is 21.5 Å². The number of nitrogens with zero attached hydrogens (tertiary/aromatic N) is 3. The van der Waals surface area contributed by atoms with E-state index in [4.69, 9.17) is 0 Å². The predicted molar refractivity (Wildman–Crippen MR) is 52.3 cm³/mol. The predicted octanol–water partition coefficient (Wildman–Crippen LogP) is 1.19. The zero-order chi connectivity index (χ0) is 9.52. The molecule has 1 N–H and O–H groups in total. The van der Waals surface area contributed by atoms with Crippen LogP contribution in [0.2, 0.25) is 0 Å². The number of unbranched alkanes of at least 4 members (excludes halogenated alkanes) is 1. The molecule has 1 aromatic heterocycles. The lowest BCUT2D eigenvalue weighted by molar-refractivity contribution is 0.553. The first-order valence-corrected chi connectivity index (χ1v) is 4.96. The maximum atomic E-state index is 4.06. The van der Waals surface area contributed by atoms with Crippen molar-refractivity contribution < 1.29 is 0 Å². The maximum absolute atomic E-state index is 4.06. The summed E-state index contributed by atoms with van der Waals surface area (Å²) < 4.78 is 1.91. The fourth-order valence-corrected chi connectivity index (χ4v) is 1.10. The summed E-state index contributed by atoms with van der Waals surface area (Å²) in [7, 11) is 0. The monoisotopic (exact) mass is 182 g/mol. The molecular formula is C9H18N4. The Balaban J connectivity index is 2.34. The van der Waals surface area contributed by atoms with Gasteiger partial charge in [-0.05, 0) is 13.0 Å². The minimum atomic E-state index is 0.822. The average molecular weight is 182 g/mol. The van der Waals surface area contributed by atoms with Crippen LogP contribution in [0, 0.1) is 0 Å². The highest BCUT2D eigenvalue weighted by Crippen LogP contribution is 1.95. The summed E-state index contributed by atoms with van der Waals surface area (Å²) >= 11 is 0. The quantitative estimate of drug-likeness (QED) is 0.718. The highest BCUT2D eigenvalue weighted by Gasteiger charge is 1.98. The van der Waals surface area contributed by atoms with Crippen molar-refractivity contribution in [3.05, 3.63) is 11.9 Å². The second-order valence-electron chi connectivity index (χ2n) is 3.11. The van der Waals surface area contributed by atoms with Crippen LogP contribution in [0.1, 0.15) is 32.4 Å². The molecule has 0 amide bonds. The lowest BCUT2D eigenvalue weighted by atomic mass is 10.3. The molecule has 0 aliphatic rings. The molecule has 0 unspecified atom stereocenters. The first kappa shape index (κ1) is 10.2. The molecule has 0 aromatic carbocycles. The zero-order valence-electron chi connectivity index (χ0n) is 8.45. The van der Waals surface area contributed by atoms with Crippen LogP contribution < -0.4 is 5.32 Å². The van der Waals surface area contributed by atoms with Gasteiger partial charge in [-0.2, -0.15) is 0 Å². The second kappa shape index (κ2) is 5.70. The third kappa shape index (κ3) is 3.55. The van der Waals surface area contributed by atoms with E-state index < -0.39 is 0 Å². The Labute approximate surface area is 79.3 Å². The molecule has 4 nitrogen and oxygen atoms in total. The molecule has 0 saturated carbocycles. The van der Waals surface area contributed by atoms with Crippen molar-refractivity contribution >= 4 is 0 Å². The van der Waals surface area contributed by atoms with E-state index in [0.29, 0.717) is 0 Å². The number of hydrogen-bond donors (Lipinski definition) is 1. The van der Waals surface area contributed by atoms with Crippen LogP contribution in [0.4, 0.5) is 0 Å². The van der Waals surface area contributed by atoms with E-state index in [2.05, 4.69) is 29.5 Å². The molecule has 0 aliphatic heterocycles. The largest absolute Gasteiger partial charge is 0.311 e. The van der Waals surface area contributed by atoms with Crippen molar-refractivity contribution in [2.75, 3.05) is 6.54 Å². The van der Waals surface area contributed by atoms with E-state index in [1.54, 1.807) is 0 Å². The molecule has 1 rings (SSSR count). The van der Waals surface area contributed by atoms with Gasteiger partial charge < -0.3 is 5.32 Å². The van der Waals surface area contributed by atoms with Crippen LogP contribution in [-0.2, 0) is 13.1 Å². The molecule has 1 heterocycles. The molecule has 74 valence electrons. The molecular weight excluding hydrogens is 164 g/mol. The van der Waals surface area contributed by atoms with Gasteiger partial charge in [0.05, 0.1) is 5.69 Å². The molecule has 0 radical (unpaired) electrons. The number of aryl methyl sites for hydroxylation is 1. The van der Waals surface area contributed by atoms with Gasteiger partial charge >= 0.3 is 0 Å². The van der Waals surface area contributed by atoms with Gasteiger partial charge in [0, 0.05) is 19.3 Å². The normalized spacial score (nSPS) is 10.6. The third-order valence-electron chi connectivity index (χ3n) is 1.88. The van der Waals surface area contributed by atoms with Crippen molar-refractivity contribution in [1.29, 1.82) is 0 Å². The van der Waals surface area contributed by atoms with E-state index in [1.165, 1.54) is 12.8 Å². The number of rotatable bonds is 6. The SMILES string of the molecule is CCCCn1cc(CNCC)nn1. The van der Waals surface area contributed by atoms with Crippen LogP contribution in [0.5, 0.6) is 0 Å². The van der Waals surface area contributed by atoms with Gasteiger partial charge in [0.25, 0.3) is 0 Å². The summed E-state index contributed by atoms with van der Waals surface area (Å²) in [5.41, 5.74) is 1.03. The Morgan fingerprint density at radius 1 is 1.46 bits per heavy atom. The molecule has 1 aromatic rings. The minimum Gasteiger partial charge on any atom is -0.311 e. The standard InChI is InChI=1S/C9H18N4/c1-3-5-6-13-8-9(11-12-13)7-10-4-2/h8,10H,3-7H2,1-2H3. The van der Waals surface area contributed by atoms with Crippen molar-refractivity contribution in [1.82, 2.24) is 20.3 Å². The highest BCUT2D eigenvalue weighted by atomic mass is 15.4. The average Bonchev–Trinajstić information content (AvgIpc) is 2.59. The molecule has 4 heteroatoms. The van der Waals surface area contributed by atoms with Gasteiger partial charge in [0.2, 0.25) is 0 Å². The smallest absolute Gasteiger partial charge is 0.0964 e. The van der Waals surface area contributed by atoms with E-state index in [9.17, 15) is 0 Å². The van der Waals surface area contributed by atoms with Crippen LogP contribution in [0.15, 0.2) is 6.20 Å². The van der Waals surface area contributed by atoms with E-state index in [0.717, 1.165) is 25.3 Å². The molecule has 0 saturated heterocycles. The zero-order valence-corrected chi connectivity index (χ0v) is 8.45. The summed E-state index contributed by atoms with van der Waals surface area (Å²) in [5, 5.41) is 11.3. The van der Waals surface area contributed by atoms with Crippen molar-refractivity contribution in [2.45, 2.75) is 39.8 Å². The third-order valence-corrected chi connectivity index (χ3v) is 1.88. The van der Waals surface area contributed by atoms with Crippen LogP contribution in [0.3, 0.4) is 0 Å². The van der Waals surface area contributed by atoms with E-state index in [1.807, 2.05) is 10.9 Å². The maximum Gasteiger partial charge on any atom is 0.0964 e. The van der Waals surface area contributed by atoms with E-state index >= 15 is 0 Å². The van der Waals surface area contributed by atoms with Crippen molar-refractivity contribution in [3.8, 4) is 0 Å². The molecule has 0 bridgehead atoms. The number of hydrogen-bond acceptors (Lipinski definition) is 3. The van der Waals surface area contributed by atoms with Crippen LogP contribution in [0.25, 0.3) is 0 Å². The summed E-state index contributed by atoms with van der Waals surface area (Å²) in [6.45, 7) is 7.04. The van der Waals surface area contributed by atoms with Gasteiger partial charge in [0.15, 0.2) is 0 Å². The minimum absolute atomic E-state index is 0.822. The molecule has 13 heavy (non-hydrogen) atoms. The Hall–Kier alpha value is -0.900. The Morgan fingerprint density at radius 2 is 2.31 bits per heavy atom. The lowest BCUT2D eigenvalue weighted by Gasteiger charge is -1.96. The van der Waals surface area contributed by atoms with E-state index in [-0.39, 0.29) is 0 Å². The first-order valence-electron chi connectivity index (χ1n) is 4.96. The second-order valence-corrected chi connectivity index (χ2v) is 3.11. The molecule has 0 atom stereocenters. The summed E-state index contributed by atoms with van der Waals surface area (Å²) in [5.74, 6) is 0. The van der Waals surface area contributed by atoms with Gasteiger partial charge in [-0.3, -0.25) is 4.68 Å². The summed E-state index contributed by atoms with van der Waals surface area (Å²) in [4.78, 5) is 0. The number of nitrogens with one attached hydrogen (secondary N) is 1. The van der Waals surface area contributed by atoms with Gasteiger partial charge in [-0.25, -0.2) is 0 Å². The van der Waals surface area contributed by atoms with Gasteiger partial charge in [-0.15, -0.1) is 5.10 Å². The Bertz CT molecular complexity index is 209. The molecule has 0 aliphatic carbocycles. The topological polar surface area (TPSA) is 42.7 Å². The first-order chi connectivity index (χ1) is 6.36.